The molecule has 5 nitrogen and oxygen atoms in total. The van der Waals surface area contributed by atoms with Crippen LogP contribution < -0.4 is 0 Å². The summed E-state index contributed by atoms with van der Waals surface area (Å²) in [4.78, 5) is 10.7. The average molecular weight is 202 g/mol. The molecule has 0 saturated carbocycles. The zero-order valence-electron chi connectivity index (χ0n) is 5.63. The second kappa shape index (κ2) is 2.61. The first-order valence-electron chi connectivity index (χ1n) is 2.80. The van der Waals surface area contributed by atoms with Gasteiger partial charge in [-0.3, -0.25) is 23.0 Å². The number of carbonyl (C=O) groups excluding carboxylic acids is 1. The predicted octanol–water partition coefficient (Wildman–Crippen LogP) is 1.03. The zero-order chi connectivity index (χ0) is 8.70. The van der Waals surface area contributed by atoms with Crippen molar-refractivity contribution in [2.24, 2.45) is 0 Å². The van der Waals surface area contributed by atoms with Gasteiger partial charge >= 0.3 is 0 Å². The molecule has 0 radical (unpaired) electrons. The quantitative estimate of drug-likeness (QED) is 0.470. The molecule has 1 heterocycles. The first-order valence-corrected chi connectivity index (χ1v) is 6.57. The normalized spacial score (nSPS) is 34.4. The third kappa shape index (κ3) is 2.62. The van der Waals surface area contributed by atoms with E-state index < -0.39 is 32.0 Å². The van der Waals surface area contributed by atoms with Gasteiger partial charge in [-0.2, -0.15) is 21.2 Å². The first kappa shape index (κ1) is 9.30. The maximum atomic E-state index is 10.7. The van der Waals surface area contributed by atoms with E-state index >= 15 is 0 Å². The first-order chi connectivity index (χ1) is 4.81. The van der Waals surface area contributed by atoms with E-state index in [1.54, 1.807) is 0 Å². The predicted molar refractivity (Wildman–Crippen MR) is 45.3 cm³/mol. The van der Waals surface area contributed by atoms with Gasteiger partial charge in [-0.1, -0.05) is 0 Å². The molecule has 0 atom stereocenters. The van der Waals surface area contributed by atoms with Gasteiger partial charge in [0.1, 0.15) is 5.08 Å². The Morgan fingerprint density at radius 1 is 1.00 bits per heavy atom. The molecule has 1 saturated heterocycles. The van der Waals surface area contributed by atoms with Crippen LogP contribution in [0.15, 0.2) is 0 Å². The van der Waals surface area contributed by atoms with Crippen molar-refractivity contribution in [1.82, 2.24) is 0 Å². The highest BCUT2D eigenvalue weighted by atomic mass is 32.3. The Bertz CT molecular complexity index is 171. The summed E-state index contributed by atoms with van der Waals surface area (Å²) in [5.41, 5.74) is 0. The van der Waals surface area contributed by atoms with Crippen LogP contribution in [0.1, 0.15) is 0 Å². The molecule has 1 aliphatic rings. The third-order valence-electron chi connectivity index (χ3n) is 1.16. The Morgan fingerprint density at radius 2 is 1.36 bits per heavy atom. The van der Waals surface area contributed by atoms with Crippen LogP contribution in [0.5, 0.6) is 0 Å². The van der Waals surface area contributed by atoms with E-state index in [1.165, 1.54) is 0 Å². The molecule has 4 N–H and O–H groups in total. The minimum absolute atomic E-state index is 0.330. The van der Waals surface area contributed by atoms with Crippen LogP contribution in [0, 0.1) is 0 Å². The summed E-state index contributed by atoms with van der Waals surface area (Å²) in [5, 5.41) is -0.439. The largest absolute Gasteiger partial charge is 0.298 e. The van der Waals surface area contributed by atoms with Crippen molar-refractivity contribution >= 4 is 27.0 Å². The maximum absolute atomic E-state index is 10.7. The van der Waals surface area contributed by atoms with Gasteiger partial charge < -0.3 is 0 Å². The SMILES string of the molecule is O=C1CS(O)(O)CS(O)(O)C1. The highest BCUT2D eigenvalue weighted by molar-refractivity contribution is 8.41. The standard InChI is InChI=1S/C4H10O5S2/c5-4-1-10(6,7)3-11(8,9)2-4/h6-9H,1-3H2. The Morgan fingerprint density at radius 3 is 1.64 bits per heavy atom. The topological polar surface area (TPSA) is 98.0 Å². The second-order valence-corrected chi connectivity index (χ2v) is 7.28. The van der Waals surface area contributed by atoms with Crippen LogP contribution in [0.25, 0.3) is 0 Å². The Kier molecular flexibility index (Phi) is 2.21. The molecule has 68 valence electrons. The summed E-state index contributed by atoms with van der Waals surface area (Å²) < 4.78 is 36.0. The lowest BCUT2D eigenvalue weighted by atomic mass is 10.5. The lowest BCUT2D eigenvalue weighted by molar-refractivity contribution is -0.114. The van der Waals surface area contributed by atoms with Crippen molar-refractivity contribution in [3.05, 3.63) is 0 Å². The van der Waals surface area contributed by atoms with Crippen LogP contribution in [-0.4, -0.2) is 40.6 Å². The molecule has 0 spiro atoms. The molecule has 0 aromatic rings. The van der Waals surface area contributed by atoms with Crippen molar-refractivity contribution in [2.75, 3.05) is 16.6 Å². The van der Waals surface area contributed by atoms with E-state index in [-0.39, 0.29) is 11.5 Å². The van der Waals surface area contributed by atoms with Crippen LogP contribution in [0.3, 0.4) is 0 Å². The Balaban J connectivity index is 2.74. The molecule has 11 heavy (non-hydrogen) atoms. The number of ketones is 1. The number of carbonyl (C=O) groups is 1. The molecule has 1 rings (SSSR count). The molecule has 0 unspecified atom stereocenters. The van der Waals surface area contributed by atoms with Crippen molar-refractivity contribution < 1.29 is 23.0 Å². The fourth-order valence-corrected chi connectivity index (χ4v) is 5.39. The lowest BCUT2D eigenvalue weighted by Gasteiger charge is -2.45. The van der Waals surface area contributed by atoms with E-state index in [0.29, 0.717) is 0 Å². The monoisotopic (exact) mass is 202 g/mol. The van der Waals surface area contributed by atoms with E-state index in [4.69, 9.17) is 18.2 Å². The minimum atomic E-state index is -3.05. The van der Waals surface area contributed by atoms with Crippen LogP contribution in [0.2, 0.25) is 0 Å². The van der Waals surface area contributed by atoms with E-state index in [1.807, 2.05) is 0 Å². The van der Waals surface area contributed by atoms with Gasteiger partial charge in [-0.15, -0.1) is 0 Å². The second-order valence-electron chi connectivity index (χ2n) is 2.55. The summed E-state index contributed by atoms with van der Waals surface area (Å²) in [7, 11) is -6.10. The van der Waals surface area contributed by atoms with Crippen molar-refractivity contribution in [3.8, 4) is 0 Å². The van der Waals surface area contributed by atoms with Gasteiger partial charge in [0.2, 0.25) is 0 Å². The van der Waals surface area contributed by atoms with Gasteiger partial charge in [-0.05, 0) is 0 Å². The van der Waals surface area contributed by atoms with E-state index in [2.05, 4.69) is 0 Å². The van der Waals surface area contributed by atoms with Gasteiger partial charge in [0, 0.05) is 0 Å². The summed E-state index contributed by atoms with van der Waals surface area (Å²) in [6, 6.07) is 0. The van der Waals surface area contributed by atoms with Crippen LogP contribution in [-0.2, 0) is 4.79 Å². The van der Waals surface area contributed by atoms with E-state index in [0.717, 1.165) is 0 Å². The molecule has 0 bridgehead atoms. The maximum Gasteiger partial charge on any atom is 0.170 e. The summed E-state index contributed by atoms with van der Waals surface area (Å²) in [6.07, 6.45) is 0. The highest BCUT2D eigenvalue weighted by Gasteiger charge is 2.33. The van der Waals surface area contributed by atoms with Crippen molar-refractivity contribution in [1.29, 1.82) is 0 Å². The molecule has 1 aliphatic heterocycles. The lowest BCUT2D eigenvalue weighted by Crippen LogP contribution is -2.30. The Hall–Kier alpha value is 0.210. The van der Waals surface area contributed by atoms with Crippen molar-refractivity contribution in [3.63, 3.8) is 0 Å². The summed E-state index contributed by atoms with van der Waals surface area (Å²) in [6.45, 7) is 0. The fraction of sp³-hybridized carbons (Fsp3) is 0.750. The molecule has 0 aliphatic carbocycles. The molecule has 0 aromatic carbocycles. The Labute approximate surface area is 67.1 Å². The molecule has 0 amide bonds. The van der Waals surface area contributed by atoms with Crippen molar-refractivity contribution in [2.45, 2.75) is 0 Å². The van der Waals surface area contributed by atoms with Gasteiger partial charge in [0.25, 0.3) is 0 Å². The number of hydrogen-bond donors (Lipinski definition) is 4. The van der Waals surface area contributed by atoms with Crippen LogP contribution in [0.4, 0.5) is 0 Å². The number of hydrogen-bond acceptors (Lipinski definition) is 5. The number of Topliss-reactive ketones (excluding diaryl/α,β-unsaturated/α-hetero) is 1. The zero-order valence-corrected chi connectivity index (χ0v) is 7.27. The average Bonchev–Trinajstić information content (AvgIpc) is 1.49. The van der Waals surface area contributed by atoms with Gasteiger partial charge in [-0.25, -0.2) is 0 Å². The highest BCUT2D eigenvalue weighted by Crippen LogP contribution is 2.57. The van der Waals surface area contributed by atoms with E-state index in [9.17, 15) is 4.79 Å². The third-order valence-corrected chi connectivity index (χ3v) is 5.75. The van der Waals surface area contributed by atoms with Gasteiger partial charge in [0.15, 0.2) is 5.78 Å². The van der Waals surface area contributed by atoms with Crippen LogP contribution >= 0.6 is 21.2 Å². The molecular formula is C4H10O5S2. The minimum Gasteiger partial charge on any atom is -0.298 e. The smallest absolute Gasteiger partial charge is 0.170 e. The molecular weight excluding hydrogens is 192 g/mol. The summed E-state index contributed by atoms with van der Waals surface area (Å²) in [5.74, 6) is -1.15. The van der Waals surface area contributed by atoms with Gasteiger partial charge in [0.05, 0.1) is 11.5 Å². The number of rotatable bonds is 0. The molecule has 0 aromatic heterocycles. The molecule has 7 heteroatoms. The molecule has 1 fully saturated rings. The fourth-order valence-electron chi connectivity index (χ4n) is 0.943. The summed E-state index contributed by atoms with van der Waals surface area (Å²) >= 11 is 0.